The largest absolute Gasteiger partial charge is 0.390 e. The molecule has 0 saturated carbocycles. The van der Waals surface area contributed by atoms with Crippen molar-refractivity contribution in [1.82, 2.24) is 65.4 Å². The Labute approximate surface area is 568 Å². The Bertz CT molecular complexity index is 2640. The molecule has 95 heavy (non-hydrogen) atoms. The van der Waals surface area contributed by atoms with E-state index in [1.54, 1.807) is 47.6 Å². The summed E-state index contributed by atoms with van der Waals surface area (Å²) >= 11 is 0. The van der Waals surface area contributed by atoms with Crippen molar-refractivity contribution in [2.24, 2.45) is 41.4 Å². The highest BCUT2D eigenvalue weighted by Gasteiger charge is 2.47. The molecule has 3 aliphatic rings. The second kappa shape index (κ2) is 37.5. The number of likely N-dealkylation sites (N-methyl/N-ethyl adjacent to an activating group) is 7. The lowest BCUT2D eigenvalue weighted by molar-refractivity contribution is -0.157. The standard InChI is InChI=1S/C69H123N13O13/c1-25-27-28-44(13)58(83)57-62(87)72-50(26-2)65(90)74(18)48(17)64(89)79(23)56(45(14)36-81-29-31-82(32-30-81)49-37-95-38-49)61(86)73-54(42(9)10)68(93)75(19)51(33-39(3)4)60(85)70-46(15)59(84)71-47(16)63(88)76(20)52(34-40(5)6)66(91)77(21)53(35-41(7)8)67(92)78(22)55(43(11)12)69(94)80(57)24/h25,27,39-58,83H,26,28-38H2,1-24H3,(H,70,85)(H,71,84)(H,72,87)(H,73,86)/b27-25+/t44-,45-,46+,47-,48-,50+,51+,52+,53+,54+,55+,56+,57+,58-/m1/s1. The second-order valence-electron chi connectivity index (χ2n) is 29.3. The molecule has 26 heteroatoms. The van der Waals surface area contributed by atoms with Crippen LogP contribution in [0, 0.1) is 41.4 Å². The van der Waals surface area contributed by atoms with Crippen LogP contribution in [-0.4, -0.2) is 288 Å². The van der Waals surface area contributed by atoms with Crippen molar-refractivity contribution in [3.8, 4) is 0 Å². The van der Waals surface area contributed by atoms with Gasteiger partial charge in [-0.2, -0.15) is 0 Å². The molecular formula is C69H123N13O13. The van der Waals surface area contributed by atoms with Crippen molar-refractivity contribution >= 4 is 65.0 Å². The van der Waals surface area contributed by atoms with E-state index in [4.69, 9.17) is 4.74 Å². The summed E-state index contributed by atoms with van der Waals surface area (Å²) in [6, 6.07) is -13.5. The molecule has 0 unspecified atom stereocenters. The molecule has 0 aromatic carbocycles. The van der Waals surface area contributed by atoms with Crippen molar-refractivity contribution in [3.05, 3.63) is 12.2 Å². The molecule has 3 rings (SSSR count). The monoisotopic (exact) mass is 1340 g/mol. The Morgan fingerprint density at radius 2 is 0.947 bits per heavy atom. The molecule has 0 bridgehead atoms. The number of amides is 11. The highest BCUT2D eigenvalue weighted by Crippen LogP contribution is 2.27. The Balaban J connectivity index is 2.33. The van der Waals surface area contributed by atoms with Gasteiger partial charge < -0.3 is 70.3 Å². The molecule has 3 aliphatic heterocycles. The number of aliphatic hydroxyl groups is 1. The summed E-state index contributed by atoms with van der Waals surface area (Å²) in [4.78, 5) is 177. The van der Waals surface area contributed by atoms with Gasteiger partial charge in [-0.15, -0.1) is 0 Å². The van der Waals surface area contributed by atoms with Gasteiger partial charge in [0.25, 0.3) is 0 Å². The minimum absolute atomic E-state index is 0.00644. The van der Waals surface area contributed by atoms with Gasteiger partial charge in [-0.25, -0.2) is 0 Å². The maximum absolute atomic E-state index is 15.3. The molecular weight excluding hydrogens is 1220 g/mol. The smallest absolute Gasteiger partial charge is 0.246 e. The first kappa shape index (κ1) is 83.0. The molecule has 5 N–H and O–H groups in total. The third-order valence-electron chi connectivity index (χ3n) is 19.4. The third kappa shape index (κ3) is 21.9. The van der Waals surface area contributed by atoms with Crippen molar-refractivity contribution in [2.75, 3.05) is 95.3 Å². The number of hydrogen-bond donors (Lipinski definition) is 5. The van der Waals surface area contributed by atoms with E-state index in [2.05, 4.69) is 31.1 Å². The Hall–Kier alpha value is -6.25. The van der Waals surface area contributed by atoms with Crippen molar-refractivity contribution in [1.29, 1.82) is 0 Å². The van der Waals surface area contributed by atoms with Crippen LogP contribution in [0.25, 0.3) is 0 Å². The molecule has 14 atom stereocenters. The predicted octanol–water partition coefficient (Wildman–Crippen LogP) is 2.26. The normalized spacial score (nSPS) is 28.7. The summed E-state index contributed by atoms with van der Waals surface area (Å²) in [5.74, 6) is -10.2. The minimum Gasteiger partial charge on any atom is -0.390 e. The first-order chi connectivity index (χ1) is 44.2. The van der Waals surface area contributed by atoms with E-state index in [0.717, 1.165) is 18.0 Å². The van der Waals surface area contributed by atoms with Crippen LogP contribution >= 0.6 is 0 Å². The summed E-state index contributed by atoms with van der Waals surface area (Å²) in [7, 11) is 10.1. The van der Waals surface area contributed by atoms with Gasteiger partial charge in [0.1, 0.15) is 66.5 Å². The van der Waals surface area contributed by atoms with Gasteiger partial charge in [0.2, 0.25) is 65.0 Å². The van der Waals surface area contributed by atoms with Crippen LogP contribution in [0.5, 0.6) is 0 Å². The topological polar surface area (TPSA) is 295 Å². The van der Waals surface area contributed by atoms with Crippen LogP contribution < -0.4 is 21.3 Å². The summed E-state index contributed by atoms with van der Waals surface area (Å²) in [6.45, 7) is 34.3. The van der Waals surface area contributed by atoms with E-state index >= 15 is 28.8 Å². The lowest BCUT2D eigenvalue weighted by atomic mass is 9.91. The fraction of sp³-hybridized carbons (Fsp3) is 0.812. The van der Waals surface area contributed by atoms with E-state index in [-0.39, 0.29) is 43.4 Å². The van der Waals surface area contributed by atoms with Crippen LogP contribution in [-0.2, 0) is 57.5 Å². The highest BCUT2D eigenvalue weighted by atomic mass is 16.5. The summed E-state index contributed by atoms with van der Waals surface area (Å²) in [6.07, 6.45) is 2.84. The molecule has 3 heterocycles. The van der Waals surface area contributed by atoms with Gasteiger partial charge in [0.05, 0.1) is 25.4 Å². The Morgan fingerprint density at radius 1 is 0.484 bits per heavy atom. The van der Waals surface area contributed by atoms with Crippen molar-refractivity contribution < 1.29 is 62.6 Å². The van der Waals surface area contributed by atoms with Gasteiger partial charge >= 0.3 is 0 Å². The maximum atomic E-state index is 15.3. The van der Waals surface area contributed by atoms with Crippen LogP contribution in [0.3, 0.4) is 0 Å². The molecule has 26 nitrogen and oxygen atoms in total. The minimum atomic E-state index is -1.63. The van der Waals surface area contributed by atoms with Gasteiger partial charge in [-0.05, 0) is 101 Å². The number of aliphatic hydroxyl groups excluding tert-OH is 1. The number of carbonyl (C=O) groups is 11. The summed E-state index contributed by atoms with van der Waals surface area (Å²) < 4.78 is 5.46. The second-order valence-corrected chi connectivity index (χ2v) is 29.3. The van der Waals surface area contributed by atoms with Gasteiger partial charge in [-0.1, -0.05) is 102 Å². The lowest BCUT2D eigenvalue weighted by Gasteiger charge is -2.44. The maximum Gasteiger partial charge on any atom is 0.246 e. The van der Waals surface area contributed by atoms with Crippen LogP contribution in [0.15, 0.2) is 12.2 Å². The molecule has 0 spiro atoms. The number of nitrogens with one attached hydrogen (secondary N) is 4. The Kier molecular flexibility index (Phi) is 32.7. The molecule has 3 saturated heterocycles. The number of nitrogens with zero attached hydrogens (tertiary/aromatic N) is 9. The molecule has 0 aromatic rings. The zero-order valence-electron chi connectivity index (χ0n) is 62.1. The fourth-order valence-electron chi connectivity index (χ4n) is 13.1. The number of allylic oxidation sites excluding steroid dienone is 2. The van der Waals surface area contributed by atoms with Crippen LogP contribution in [0.2, 0.25) is 0 Å². The zero-order valence-corrected chi connectivity index (χ0v) is 62.1. The quantitative estimate of drug-likeness (QED) is 0.131. The number of hydrogen-bond acceptors (Lipinski definition) is 15. The SMILES string of the molecule is C/C=C/C[C@@H](C)[C@@H](O)[C@H]1C(=O)N[C@@H](CC)C(=O)N(C)[C@H](C)C(=O)N(C)[C@@H]([C@H](C)CN2CCN(C3COC3)CC2)C(=O)N[C@@H](C(C)C)C(=O)N(C)[C@@H](CC(C)C)C(=O)N[C@@H](C)C(=O)N[C@H](C)C(=O)N(C)[C@@H](CC(C)C)C(=O)N(C)[C@@H](CC(C)C)C(=O)N(C)[C@@H](C(C)C)C(=O)N1C. The lowest BCUT2D eigenvalue weighted by Crippen LogP contribution is -2.64. The van der Waals surface area contributed by atoms with E-state index in [9.17, 15) is 29.1 Å². The molecule has 0 radical (unpaired) electrons. The Morgan fingerprint density at radius 3 is 1.42 bits per heavy atom. The van der Waals surface area contributed by atoms with E-state index in [0.29, 0.717) is 45.3 Å². The first-order valence-electron chi connectivity index (χ1n) is 34.6. The zero-order chi connectivity index (χ0) is 72.5. The van der Waals surface area contributed by atoms with E-state index < -0.39 is 161 Å². The van der Waals surface area contributed by atoms with Gasteiger partial charge in [-0.3, -0.25) is 57.6 Å². The number of ether oxygens (including phenoxy) is 1. The highest BCUT2D eigenvalue weighted by molar-refractivity contribution is 6.00. The molecule has 11 amide bonds. The number of rotatable bonds is 17. The average molecular weight is 1340 g/mol. The number of piperazine rings is 1. The number of carbonyl (C=O) groups excluding carboxylic acids is 11. The van der Waals surface area contributed by atoms with Crippen molar-refractivity contribution in [3.63, 3.8) is 0 Å². The third-order valence-corrected chi connectivity index (χ3v) is 19.4. The average Bonchev–Trinajstić information content (AvgIpc) is 0.811. The fourth-order valence-corrected chi connectivity index (χ4v) is 13.1. The predicted molar refractivity (Wildman–Crippen MR) is 365 cm³/mol. The molecule has 3 fully saturated rings. The molecule has 0 aliphatic carbocycles. The van der Waals surface area contributed by atoms with Gasteiger partial charge in [0, 0.05) is 82.1 Å². The van der Waals surface area contributed by atoms with E-state index in [1.807, 2.05) is 61.5 Å². The van der Waals surface area contributed by atoms with Crippen LogP contribution in [0.4, 0.5) is 0 Å². The molecule has 542 valence electrons. The first-order valence-corrected chi connectivity index (χ1v) is 34.6. The summed E-state index contributed by atoms with van der Waals surface area (Å²) in [5.41, 5.74) is 0. The van der Waals surface area contributed by atoms with Crippen molar-refractivity contribution in [2.45, 2.75) is 228 Å². The molecule has 0 aromatic heterocycles. The van der Waals surface area contributed by atoms with Gasteiger partial charge in [0.15, 0.2) is 0 Å². The van der Waals surface area contributed by atoms with E-state index in [1.165, 1.54) is 99.5 Å². The summed E-state index contributed by atoms with van der Waals surface area (Å²) in [5, 5.41) is 23.5. The van der Waals surface area contributed by atoms with Crippen LogP contribution in [0.1, 0.15) is 150 Å².